The van der Waals surface area contributed by atoms with Crippen molar-refractivity contribution in [2.75, 3.05) is 0 Å². The fourth-order valence-corrected chi connectivity index (χ4v) is 2.06. The van der Waals surface area contributed by atoms with Crippen LogP contribution in [0.4, 0.5) is 0 Å². The van der Waals surface area contributed by atoms with E-state index in [0.29, 0.717) is 5.69 Å². The first-order valence-corrected chi connectivity index (χ1v) is 7.28. The smallest absolute Gasteiger partial charge is 0.268 e. The maximum Gasteiger partial charge on any atom is 0.268 e. The lowest BCUT2D eigenvalue weighted by Crippen LogP contribution is -2.57. The van der Waals surface area contributed by atoms with E-state index in [1.165, 1.54) is 0 Å². The fraction of sp³-hybridized carbons (Fsp3) is 0.643. The van der Waals surface area contributed by atoms with Gasteiger partial charge >= 0.3 is 0 Å². The zero-order valence-corrected chi connectivity index (χ0v) is 13.8. The Bertz CT molecular complexity index is 459. The van der Waals surface area contributed by atoms with E-state index in [1.807, 2.05) is 24.6 Å². The van der Waals surface area contributed by atoms with Gasteiger partial charge in [-0.3, -0.25) is 4.79 Å². The predicted octanol–water partition coefficient (Wildman–Crippen LogP) is 2.94. The minimum Gasteiger partial charge on any atom is -0.388 e. The largest absolute Gasteiger partial charge is 0.388 e. The molecule has 5 heteroatoms. The van der Waals surface area contributed by atoms with Gasteiger partial charge in [-0.05, 0) is 56.1 Å². The number of aromatic nitrogens is 1. The Morgan fingerprint density at radius 2 is 2.00 bits per heavy atom. The van der Waals surface area contributed by atoms with Gasteiger partial charge in [0, 0.05) is 17.2 Å². The van der Waals surface area contributed by atoms with Gasteiger partial charge in [0.25, 0.3) is 5.91 Å². The molecule has 1 heterocycles. The normalized spacial score (nSPS) is 12.6. The van der Waals surface area contributed by atoms with Crippen LogP contribution in [0.3, 0.4) is 0 Å². The maximum atomic E-state index is 12.4. The zero-order chi connectivity index (χ0) is 14.8. The third-order valence-electron chi connectivity index (χ3n) is 3.52. The molecule has 4 nitrogen and oxygen atoms in total. The van der Waals surface area contributed by atoms with Crippen molar-refractivity contribution >= 4 is 21.8 Å². The molecule has 0 aliphatic heterocycles. The monoisotopic (exact) mass is 330 g/mol. The number of amides is 1. The minimum atomic E-state index is -0.998. The second kappa shape index (κ2) is 5.67. The van der Waals surface area contributed by atoms with Gasteiger partial charge in [0.1, 0.15) is 5.69 Å². The number of aryl methyl sites for hydroxylation is 1. The lowest BCUT2D eigenvalue weighted by molar-refractivity contribution is -0.00310. The van der Waals surface area contributed by atoms with Gasteiger partial charge in [0.2, 0.25) is 0 Å². The lowest BCUT2D eigenvalue weighted by Gasteiger charge is -2.38. The second-order valence-corrected chi connectivity index (χ2v) is 6.79. The molecule has 0 aromatic carbocycles. The number of carbonyl (C=O) groups is 1. The third-order valence-corrected chi connectivity index (χ3v) is 3.95. The summed E-state index contributed by atoms with van der Waals surface area (Å²) in [5.74, 6) is -0.175. The van der Waals surface area contributed by atoms with Gasteiger partial charge in [-0.15, -0.1) is 0 Å². The molecule has 1 aromatic rings. The minimum absolute atomic E-state index is 0.175. The molecule has 0 bridgehead atoms. The summed E-state index contributed by atoms with van der Waals surface area (Å²) in [4.78, 5) is 12.4. The van der Waals surface area contributed by atoms with Crippen molar-refractivity contribution in [2.24, 2.45) is 0 Å². The van der Waals surface area contributed by atoms with E-state index in [4.69, 9.17) is 0 Å². The highest BCUT2D eigenvalue weighted by Crippen LogP contribution is 2.22. The summed E-state index contributed by atoms with van der Waals surface area (Å²) in [6, 6.07) is 1.80. The Morgan fingerprint density at radius 1 is 1.42 bits per heavy atom. The highest BCUT2D eigenvalue weighted by molar-refractivity contribution is 9.10. The van der Waals surface area contributed by atoms with Crippen molar-refractivity contribution in [1.82, 2.24) is 9.88 Å². The van der Waals surface area contributed by atoms with Crippen LogP contribution in [0.25, 0.3) is 0 Å². The molecule has 0 atom stereocenters. The van der Waals surface area contributed by atoms with Crippen molar-refractivity contribution in [3.05, 3.63) is 22.4 Å². The molecule has 0 aliphatic carbocycles. The molecular formula is C14H23BrN2O2. The van der Waals surface area contributed by atoms with Crippen molar-refractivity contribution in [2.45, 2.75) is 58.7 Å². The first-order chi connectivity index (χ1) is 8.58. The van der Waals surface area contributed by atoms with Crippen molar-refractivity contribution in [3.8, 4) is 0 Å². The summed E-state index contributed by atoms with van der Waals surface area (Å²) in [5, 5.41) is 13.0. The molecule has 0 saturated heterocycles. The number of aliphatic hydroxyl groups is 1. The van der Waals surface area contributed by atoms with Crippen molar-refractivity contribution in [1.29, 1.82) is 0 Å². The first-order valence-electron chi connectivity index (χ1n) is 6.49. The van der Waals surface area contributed by atoms with E-state index in [1.54, 1.807) is 19.9 Å². The number of rotatable bonds is 5. The van der Waals surface area contributed by atoms with E-state index in [9.17, 15) is 9.90 Å². The van der Waals surface area contributed by atoms with Crippen LogP contribution in [0.15, 0.2) is 16.7 Å². The van der Waals surface area contributed by atoms with Gasteiger partial charge < -0.3 is 15.0 Å². The summed E-state index contributed by atoms with van der Waals surface area (Å²) in [5.41, 5.74) is -1.11. The van der Waals surface area contributed by atoms with Gasteiger partial charge in [-0.1, -0.05) is 6.92 Å². The molecule has 0 fully saturated rings. The van der Waals surface area contributed by atoms with E-state index in [-0.39, 0.29) is 5.91 Å². The van der Waals surface area contributed by atoms with Gasteiger partial charge in [0.05, 0.1) is 11.1 Å². The standard InChI is InChI=1S/C14H23BrN2O2/c1-6-7-17-9-10(15)8-11(17)12(18)16-13(2,3)14(4,5)19/h8-9,19H,6-7H2,1-5H3,(H,16,18). The van der Waals surface area contributed by atoms with Crippen molar-refractivity contribution in [3.63, 3.8) is 0 Å². The number of nitrogens with one attached hydrogen (secondary N) is 1. The average Bonchev–Trinajstić information content (AvgIpc) is 2.57. The Hall–Kier alpha value is -0.810. The highest BCUT2D eigenvalue weighted by atomic mass is 79.9. The molecule has 0 radical (unpaired) electrons. The Balaban J connectivity index is 2.96. The predicted molar refractivity (Wildman–Crippen MR) is 80.3 cm³/mol. The molecular weight excluding hydrogens is 308 g/mol. The van der Waals surface area contributed by atoms with Gasteiger partial charge in [-0.25, -0.2) is 0 Å². The van der Waals surface area contributed by atoms with Crippen LogP contribution < -0.4 is 5.32 Å². The van der Waals surface area contributed by atoms with Gasteiger partial charge in [-0.2, -0.15) is 0 Å². The van der Waals surface area contributed by atoms with Gasteiger partial charge in [0.15, 0.2) is 0 Å². The summed E-state index contributed by atoms with van der Waals surface area (Å²) >= 11 is 3.39. The van der Waals surface area contributed by atoms with E-state index < -0.39 is 11.1 Å². The highest BCUT2D eigenvalue weighted by Gasteiger charge is 2.36. The van der Waals surface area contributed by atoms with E-state index >= 15 is 0 Å². The quantitative estimate of drug-likeness (QED) is 0.872. The lowest BCUT2D eigenvalue weighted by atomic mass is 9.86. The number of carbonyl (C=O) groups excluding carboxylic acids is 1. The Morgan fingerprint density at radius 3 is 2.47 bits per heavy atom. The summed E-state index contributed by atoms with van der Waals surface area (Å²) < 4.78 is 2.80. The topological polar surface area (TPSA) is 54.3 Å². The second-order valence-electron chi connectivity index (χ2n) is 5.88. The molecule has 1 aromatic heterocycles. The molecule has 19 heavy (non-hydrogen) atoms. The van der Waals surface area contributed by atoms with Crippen LogP contribution in [0.5, 0.6) is 0 Å². The summed E-state index contributed by atoms with van der Waals surface area (Å²) in [7, 11) is 0. The number of nitrogens with zero attached hydrogens (tertiary/aromatic N) is 1. The number of halogens is 1. The molecule has 2 N–H and O–H groups in total. The average molecular weight is 331 g/mol. The SMILES string of the molecule is CCCn1cc(Br)cc1C(=O)NC(C)(C)C(C)(C)O. The molecule has 1 amide bonds. The zero-order valence-electron chi connectivity index (χ0n) is 12.2. The number of hydrogen-bond acceptors (Lipinski definition) is 2. The van der Waals surface area contributed by atoms with Crippen LogP contribution in [0.2, 0.25) is 0 Å². The maximum absolute atomic E-state index is 12.4. The fourth-order valence-electron chi connectivity index (χ4n) is 1.59. The van der Waals surface area contributed by atoms with Crippen molar-refractivity contribution < 1.29 is 9.90 Å². The van der Waals surface area contributed by atoms with Crippen LogP contribution in [0, 0.1) is 0 Å². The Labute approximate surface area is 123 Å². The Kier molecular flexibility index (Phi) is 4.85. The van der Waals surface area contributed by atoms with Crippen LogP contribution >= 0.6 is 15.9 Å². The molecule has 0 spiro atoms. The molecule has 108 valence electrons. The third kappa shape index (κ3) is 3.83. The van der Waals surface area contributed by atoms with Crippen LogP contribution in [-0.2, 0) is 6.54 Å². The molecule has 0 aliphatic rings. The van der Waals surface area contributed by atoms with E-state index in [0.717, 1.165) is 17.4 Å². The number of hydrogen-bond donors (Lipinski definition) is 2. The molecule has 0 unspecified atom stereocenters. The first kappa shape index (κ1) is 16.2. The summed E-state index contributed by atoms with van der Waals surface area (Å²) in [6.07, 6.45) is 2.85. The molecule has 0 saturated carbocycles. The van der Waals surface area contributed by atoms with E-state index in [2.05, 4.69) is 28.2 Å². The van der Waals surface area contributed by atoms with Crippen LogP contribution in [0.1, 0.15) is 51.5 Å². The van der Waals surface area contributed by atoms with Crippen LogP contribution in [-0.4, -0.2) is 26.7 Å². The molecule has 1 rings (SSSR count). The summed E-state index contributed by atoms with van der Waals surface area (Å²) in [6.45, 7) is 9.86.